The van der Waals surface area contributed by atoms with Crippen LogP contribution >= 0.6 is 27.3 Å². The molecular formula is C18H14BrN3O5S2. The van der Waals surface area contributed by atoms with E-state index in [1.54, 1.807) is 29.6 Å². The van der Waals surface area contributed by atoms with Gasteiger partial charge in [-0.3, -0.25) is 25.2 Å². The molecule has 150 valence electrons. The van der Waals surface area contributed by atoms with Crippen molar-refractivity contribution in [1.29, 1.82) is 0 Å². The lowest BCUT2D eigenvalue weighted by Gasteiger charge is -2.13. The van der Waals surface area contributed by atoms with E-state index < -0.39 is 21.8 Å². The number of hydrazine groups is 1. The summed E-state index contributed by atoms with van der Waals surface area (Å²) in [5, 5.41) is 11.4. The van der Waals surface area contributed by atoms with Crippen LogP contribution in [-0.2, 0) is 10.0 Å². The number of nitrogens with one attached hydrogen (secondary N) is 3. The number of aromatic hydroxyl groups is 1. The molecule has 0 aliphatic carbocycles. The van der Waals surface area contributed by atoms with Gasteiger partial charge in [-0.25, -0.2) is 8.42 Å². The van der Waals surface area contributed by atoms with E-state index in [1.165, 1.54) is 30.3 Å². The number of carbonyl (C=O) groups is 2. The van der Waals surface area contributed by atoms with E-state index in [1.807, 2.05) is 0 Å². The number of phenols is 1. The molecule has 0 atom stereocenters. The van der Waals surface area contributed by atoms with Gasteiger partial charge in [0.2, 0.25) is 0 Å². The van der Waals surface area contributed by atoms with E-state index >= 15 is 0 Å². The van der Waals surface area contributed by atoms with Gasteiger partial charge in [-0.1, -0.05) is 34.1 Å². The molecule has 0 bridgehead atoms. The van der Waals surface area contributed by atoms with Crippen LogP contribution in [0.2, 0.25) is 0 Å². The predicted molar refractivity (Wildman–Crippen MR) is 112 cm³/mol. The number of carbonyl (C=O) groups excluding carboxylic acids is 2. The van der Waals surface area contributed by atoms with Gasteiger partial charge in [-0.05, 0) is 41.8 Å². The van der Waals surface area contributed by atoms with Crippen molar-refractivity contribution in [3.63, 3.8) is 0 Å². The van der Waals surface area contributed by atoms with Crippen molar-refractivity contribution in [3.8, 4) is 5.75 Å². The van der Waals surface area contributed by atoms with Gasteiger partial charge in [0.25, 0.3) is 21.8 Å². The summed E-state index contributed by atoms with van der Waals surface area (Å²) in [5.41, 5.74) is 4.41. The van der Waals surface area contributed by atoms with Gasteiger partial charge in [0, 0.05) is 4.47 Å². The number of anilines is 1. The SMILES string of the molecule is O=C(NNC(=O)c1ccccc1NS(=O)(=O)c1cccs1)c1cc(Br)ccc1O. The number of phenolic OH excluding ortho intramolecular Hbond substituents is 1. The van der Waals surface area contributed by atoms with Crippen molar-refractivity contribution in [1.82, 2.24) is 10.9 Å². The Hall–Kier alpha value is -2.89. The van der Waals surface area contributed by atoms with E-state index in [-0.39, 0.29) is 26.8 Å². The molecule has 8 nitrogen and oxygen atoms in total. The van der Waals surface area contributed by atoms with Crippen LogP contribution in [0.5, 0.6) is 5.75 Å². The summed E-state index contributed by atoms with van der Waals surface area (Å²) in [4.78, 5) is 24.7. The first kappa shape index (κ1) is 20.8. The molecule has 4 N–H and O–H groups in total. The largest absolute Gasteiger partial charge is 0.507 e. The molecule has 2 amide bonds. The lowest BCUT2D eigenvalue weighted by molar-refractivity contribution is 0.0845. The van der Waals surface area contributed by atoms with Crippen LogP contribution in [0, 0.1) is 0 Å². The van der Waals surface area contributed by atoms with Gasteiger partial charge >= 0.3 is 0 Å². The summed E-state index contributed by atoms with van der Waals surface area (Å²) in [5.74, 6) is -1.74. The highest BCUT2D eigenvalue weighted by molar-refractivity contribution is 9.10. The maximum absolute atomic E-state index is 12.5. The number of para-hydroxylation sites is 1. The summed E-state index contributed by atoms with van der Waals surface area (Å²) >= 11 is 4.23. The molecule has 0 unspecified atom stereocenters. The van der Waals surface area contributed by atoms with Crippen LogP contribution in [0.4, 0.5) is 5.69 Å². The molecule has 0 spiro atoms. The van der Waals surface area contributed by atoms with E-state index in [0.29, 0.717) is 4.47 Å². The molecule has 0 saturated carbocycles. The summed E-state index contributed by atoms with van der Waals surface area (Å²) in [7, 11) is -3.85. The third-order valence-electron chi connectivity index (χ3n) is 3.67. The second kappa shape index (κ2) is 8.64. The number of benzene rings is 2. The number of amides is 2. The van der Waals surface area contributed by atoms with E-state index in [9.17, 15) is 23.1 Å². The van der Waals surface area contributed by atoms with Crippen molar-refractivity contribution >= 4 is 54.8 Å². The molecule has 2 aromatic carbocycles. The van der Waals surface area contributed by atoms with Crippen LogP contribution in [0.3, 0.4) is 0 Å². The quantitative estimate of drug-likeness (QED) is 0.404. The number of sulfonamides is 1. The fourth-order valence-corrected chi connectivity index (χ4v) is 4.75. The summed E-state index contributed by atoms with van der Waals surface area (Å²) in [6.07, 6.45) is 0. The molecule has 11 heteroatoms. The summed E-state index contributed by atoms with van der Waals surface area (Å²) < 4.78 is 27.9. The average Bonchev–Trinajstić information content (AvgIpc) is 3.24. The zero-order chi connectivity index (χ0) is 21.0. The van der Waals surface area contributed by atoms with E-state index in [2.05, 4.69) is 31.5 Å². The van der Waals surface area contributed by atoms with Crippen LogP contribution in [0.1, 0.15) is 20.7 Å². The molecule has 1 aromatic heterocycles. The Labute approximate surface area is 178 Å². The normalized spacial score (nSPS) is 10.9. The summed E-state index contributed by atoms with van der Waals surface area (Å²) in [6.45, 7) is 0. The Balaban J connectivity index is 1.75. The Morgan fingerprint density at radius 3 is 2.31 bits per heavy atom. The Morgan fingerprint density at radius 2 is 1.62 bits per heavy atom. The van der Waals surface area contributed by atoms with Gasteiger partial charge < -0.3 is 5.11 Å². The zero-order valence-electron chi connectivity index (χ0n) is 14.5. The predicted octanol–water partition coefficient (Wildman–Crippen LogP) is 3.09. The first-order chi connectivity index (χ1) is 13.8. The van der Waals surface area contributed by atoms with Crippen molar-refractivity contribution in [3.05, 3.63) is 75.6 Å². The van der Waals surface area contributed by atoms with Crippen molar-refractivity contribution < 1.29 is 23.1 Å². The monoisotopic (exact) mass is 495 g/mol. The highest BCUT2D eigenvalue weighted by atomic mass is 79.9. The number of rotatable bonds is 5. The minimum absolute atomic E-state index is 0.00592. The molecule has 0 saturated heterocycles. The molecular weight excluding hydrogens is 482 g/mol. The van der Waals surface area contributed by atoms with Crippen molar-refractivity contribution in [2.24, 2.45) is 0 Å². The van der Waals surface area contributed by atoms with Gasteiger partial charge in [0.1, 0.15) is 9.96 Å². The maximum Gasteiger partial charge on any atom is 0.273 e. The van der Waals surface area contributed by atoms with E-state index in [4.69, 9.17) is 0 Å². The number of thiophene rings is 1. The van der Waals surface area contributed by atoms with Crippen molar-refractivity contribution in [2.45, 2.75) is 4.21 Å². The van der Waals surface area contributed by atoms with Gasteiger partial charge in [0.05, 0.1) is 16.8 Å². The Bertz CT molecular complexity index is 1160. The Kier molecular flexibility index (Phi) is 6.20. The first-order valence-electron chi connectivity index (χ1n) is 8.02. The lowest BCUT2D eigenvalue weighted by Crippen LogP contribution is -2.42. The van der Waals surface area contributed by atoms with Crippen LogP contribution in [0.25, 0.3) is 0 Å². The summed E-state index contributed by atoms with van der Waals surface area (Å²) in [6, 6.07) is 13.3. The fraction of sp³-hybridized carbons (Fsp3) is 0. The van der Waals surface area contributed by atoms with Gasteiger partial charge in [0.15, 0.2) is 0 Å². The third-order valence-corrected chi connectivity index (χ3v) is 6.92. The first-order valence-corrected chi connectivity index (χ1v) is 11.2. The Morgan fingerprint density at radius 1 is 0.931 bits per heavy atom. The molecule has 3 rings (SSSR count). The minimum Gasteiger partial charge on any atom is -0.507 e. The maximum atomic E-state index is 12.5. The van der Waals surface area contributed by atoms with Crippen LogP contribution in [0.15, 0.2) is 68.7 Å². The fourth-order valence-electron chi connectivity index (χ4n) is 2.32. The third kappa shape index (κ3) is 4.94. The molecule has 1 heterocycles. The second-order valence-electron chi connectivity index (χ2n) is 5.65. The zero-order valence-corrected chi connectivity index (χ0v) is 17.8. The van der Waals surface area contributed by atoms with Crippen LogP contribution in [-0.4, -0.2) is 25.3 Å². The topological polar surface area (TPSA) is 125 Å². The molecule has 0 radical (unpaired) electrons. The molecule has 0 aliphatic heterocycles. The smallest absolute Gasteiger partial charge is 0.273 e. The van der Waals surface area contributed by atoms with Gasteiger partial charge in [-0.15, -0.1) is 11.3 Å². The van der Waals surface area contributed by atoms with E-state index in [0.717, 1.165) is 11.3 Å². The highest BCUT2D eigenvalue weighted by Crippen LogP contribution is 2.23. The molecule has 3 aromatic rings. The van der Waals surface area contributed by atoms with Gasteiger partial charge in [-0.2, -0.15) is 0 Å². The average molecular weight is 496 g/mol. The highest BCUT2D eigenvalue weighted by Gasteiger charge is 2.20. The van der Waals surface area contributed by atoms with Crippen molar-refractivity contribution in [2.75, 3.05) is 4.72 Å². The lowest BCUT2D eigenvalue weighted by atomic mass is 10.2. The molecule has 0 aliphatic rings. The molecule has 0 fully saturated rings. The van der Waals surface area contributed by atoms with Crippen LogP contribution < -0.4 is 15.6 Å². The molecule has 29 heavy (non-hydrogen) atoms. The number of halogens is 1. The standard InChI is InChI=1S/C18H14BrN3O5S2/c19-11-7-8-15(23)13(10-11)18(25)21-20-17(24)12-4-1-2-5-14(12)22-29(26,27)16-6-3-9-28-16/h1-10,22-23H,(H,20,24)(H,21,25). The second-order valence-corrected chi connectivity index (χ2v) is 9.43. The minimum atomic E-state index is -3.85. The number of hydrogen-bond donors (Lipinski definition) is 4. The number of hydrogen-bond acceptors (Lipinski definition) is 6.